The highest BCUT2D eigenvalue weighted by atomic mass is 19.4. The van der Waals surface area contributed by atoms with E-state index in [4.69, 9.17) is 9.84 Å². The number of ether oxygens (including phenoxy) is 1. The Hall–Kier alpha value is -2.54. The van der Waals surface area contributed by atoms with Crippen LogP contribution >= 0.6 is 0 Å². The predicted octanol–water partition coefficient (Wildman–Crippen LogP) is 15.5. The van der Waals surface area contributed by atoms with Crippen molar-refractivity contribution in [2.24, 2.45) is 35.0 Å². The maximum Gasteiger partial charge on any atom is 0.421 e. The number of benzene rings is 2. The lowest BCUT2D eigenvalue weighted by Gasteiger charge is -2.62. The Kier molecular flexibility index (Phi) is 25.4. The van der Waals surface area contributed by atoms with Crippen LogP contribution in [0.5, 0.6) is 5.75 Å². The maximum atomic E-state index is 12.8. The molecular formula is C48H87F3O4. The van der Waals surface area contributed by atoms with Crippen LogP contribution in [0.25, 0.3) is 0 Å². The van der Waals surface area contributed by atoms with Crippen molar-refractivity contribution in [2.75, 3.05) is 0 Å². The Balaban J connectivity index is -0.000000350. The van der Waals surface area contributed by atoms with Crippen LogP contribution in [-0.4, -0.2) is 28.0 Å². The predicted molar refractivity (Wildman–Crippen MR) is 233 cm³/mol. The van der Waals surface area contributed by atoms with Crippen molar-refractivity contribution >= 4 is 5.97 Å². The van der Waals surface area contributed by atoms with Crippen molar-refractivity contribution < 1.29 is 32.9 Å². The lowest BCUT2D eigenvalue weighted by Crippen LogP contribution is -2.63. The number of carbonyl (C=O) groups excluding carboxylic acids is 1. The molecule has 4 nitrogen and oxygen atoms in total. The topological polar surface area (TPSA) is 66.8 Å². The molecule has 3 unspecified atom stereocenters. The number of phenols is 1. The first-order chi connectivity index (χ1) is 22.7. The lowest BCUT2D eigenvalue weighted by atomic mass is 9.47. The molecule has 7 heteroatoms. The molecular weight excluding hydrogens is 698 g/mol. The summed E-state index contributed by atoms with van der Waals surface area (Å²) in [5.41, 5.74) is -1.16. The Labute approximate surface area is 338 Å². The molecule has 0 spiro atoms. The van der Waals surface area contributed by atoms with E-state index in [2.05, 4.69) is 34.6 Å². The van der Waals surface area contributed by atoms with Crippen molar-refractivity contribution in [2.45, 2.75) is 194 Å². The molecule has 4 bridgehead atoms. The van der Waals surface area contributed by atoms with Crippen molar-refractivity contribution in [3.05, 3.63) is 65.2 Å². The highest BCUT2D eigenvalue weighted by Crippen LogP contribution is 2.62. The molecule has 0 saturated heterocycles. The van der Waals surface area contributed by atoms with Crippen LogP contribution < -0.4 is 0 Å². The van der Waals surface area contributed by atoms with Gasteiger partial charge in [-0.2, -0.15) is 13.2 Å². The zero-order chi connectivity index (χ0) is 36.9. The van der Waals surface area contributed by atoms with E-state index in [1.54, 1.807) is 24.3 Å². The van der Waals surface area contributed by atoms with E-state index in [9.17, 15) is 23.1 Å². The van der Waals surface area contributed by atoms with E-state index < -0.39 is 11.8 Å². The lowest BCUT2D eigenvalue weighted by molar-refractivity contribution is -0.258. The summed E-state index contributed by atoms with van der Waals surface area (Å²) in [7, 11) is 0. The van der Waals surface area contributed by atoms with Crippen LogP contribution in [0.15, 0.2) is 48.5 Å². The van der Waals surface area contributed by atoms with E-state index in [1.807, 2.05) is 39.8 Å². The molecule has 3 atom stereocenters. The van der Waals surface area contributed by atoms with E-state index in [0.717, 1.165) is 43.6 Å². The maximum absolute atomic E-state index is 12.8. The summed E-state index contributed by atoms with van der Waals surface area (Å²) in [5, 5.41) is 18.5. The molecule has 4 aliphatic rings. The number of halogens is 3. The fourth-order valence-corrected chi connectivity index (χ4v) is 8.17. The molecule has 2 aromatic rings. The summed E-state index contributed by atoms with van der Waals surface area (Å²) in [6.07, 6.45) is 4.88. The minimum atomic E-state index is -4.66. The summed E-state index contributed by atoms with van der Waals surface area (Å²) in [5.74, 6) is 4.77. The highest BCUT2D eigenvalue weighted by Gasteiger charge is 2.61. The van der Waals surface area contributed by atoms with Gasteiger partial charge in [-0.15, -0.1) is 0 Å². The molecule has 4 fully saturated rings. The van der Waals surface area contributed by atoms with Gasteiger partial charge in [0.05, 0.1) is 5.41 Å². The molecule has 4 aliphatic carbocycles. The second kappa shape index (κ2) is 23.6. The average molecular weight is 785 g/mol. The van der Waals surface area contributed by atoms with Gasteiger partial charge in [-0.1, -0.05) is 129 Å². The number of alkyl halides is 3. The summed E-state index contributed by atoms with van der Waals surface area (Å²) in [6.45, 7) is 19.8. The molecule has 55 heavy (non-hydrogen) atoms. The van der Waals surface area contributed by atoms with Gasteiger partial charge in [0, 0.05) is 0 Å². The third-order valence-electron chi connectivity index (χ3n) is 12.3. The minimum absolute atomic E-state index is 0. The molecule has 2 N–H and O–H groups in total. The third-order valence-corrected chi connectivity index (χ3v) is 12.3. The monoisotopic (exact) mass is 785 g/mol. The zero-order valence-corrected chi connectivity index (χ0v) is 31.7. The number of phenolic OH excluding ortho intramolecular Hbond substituents is 1. The van der Waals surface area contributed by atoms with Crippen molar-refractivity contribution in [1.82, 2.24) is 0 Å². The van der Waals surface area contributed by atoms with Crippen LogP contribution in [0.4, 0.5) is 13.2 Å². The van der Waals surface area contributed by atoms with E-state index in [-0.39, 0.29) is 67.1 Å². The smallest absolute Gasteiger partial charge is 0.421 e. The van der Waals surface area contributed by atoms with Crippen molar-refractivity contribution in [3.8, 4) is 5.75 Å². The molecule has 0 amide bonds. The number of rotatable bonds is 9. The van der Waals surface area contributed by atoms with E-state index in [0.29, 0.717) is 35.3 Å². The van der Waals surface area contributed by atoms with Crippen LogP contribution in [0.1, 0.15) is 194 Å². The molecule has 0 aromatic heterocycles. The number of hydrogen-bond acceptors (Lipinski definition) is 4. The van der Waals surface area contributed by atoms with Gasteiger partial charge >= 0.3 is 12.1 Å². The van der Waals surface area contributed by atoms with Gasteiger partial charge < -0.3 is 14.9 Å². The van der Waals surface area contributed by atoms with Crippen LogP contribution in [-0.2, 0) is 15.1 Å². The Morgan fingerprint density at radius 1 is 0.709 bits per heavy atom. The second-order valence-electron chi connectivity index (χ2n) is 16.3. The quantitative estimate of drug-likeness (QED) is 0.249. The second-order valence-corrected chi connectivity index (χ2v) is 16.3. The summed E-state index contributed by atoms with van der Waals surface area (Å²) in [6, 6.07) is 13.4. The number of carbonyl (C=O) groups is 1. The van der Waals surface area contributed by atoms with Crippen LogP contribution in [0.3, 0.4) is 0 Å². The standard InChI is InChI=1S/C19H32O2.C13H17F3O.C10H14O.6CH4/c1-6-18(4,5)17(20)21-19(12(2)3)15-8-13-7-14(10-15)11-16(19)9-13;1-4-9(2)10-5-7-11(8-6-10)12(3,17)13(14,15)16;1-3-8(2)9-4-6-10(11)7-5-9;;;;;;/h12-16H,6-11H2,1-5H3;5-9,17H,4H2,1-3H3;4-8,11H,3H2,1-2H3;6*1H4. The molecule has 324 valence electrons. The number of aromatic hydroxyl groups is 1. The van der Waals surface area contributed by atoms with Gasteiger partial charge in [0.2, 0.25) is 0 Å². The average Bonchev–Trinajstić information content (AvgIpc) is 3.05. The largest absolute Gasteiger partial charge is 0.508 e. The summed E-state index contributed by atoms with van der Waals surface area (Å²) < 4.78 is 44.2. The third kappa shape index (κ3) is 13.5. The first-order valence-electron chi connectivity index (χ1n) is 18.6. The fourth-order valence-electron chi connectivity index (χ4n) is 8.17. The zero-order valence-electron chi connectivity index (χ0n) is 31.7. The molecule has 0 radical (unpaired) electrons. The number of hydrogen-bond donors (Lipinski definition) is 2. The van der Waals surface area contributed by atoms with Crippen molar-refractivity contribution in [3.63, 3.8) is 0 Å². The van der Waals surface area contributed by atoms with Gasteiger partial charge in [-0.3, -0.25) is 4.79 Å². The molecule has 2 aromatic carbocycles. The van der Waals surface area contributed by atoms with Gasteiger partial charge in [-0.25, -0.2) is 0 Å². The fraction of sp³-hybridized carbons (Fsp3) is 0.729. The first-order valence-corrected chi connectivity index (χ1v) is 18.6. The summed E-state index contributed by atoms with van der Waals surface area (Å²) >= 11 is 0. The van der Waals surface area contributed by atoms with Gasteiger partial charge in [0.15, 0.2) is 5.60 Å². The normalized spacial score (nSPS) is 23.9. The van der Waals surface area contributed by atoms with Gasteiger partial charge in [0.1, 0.15) is 11.4 Å². The van der Waals surface area contributed by atoms with Crippen LogP contribution in [0, 0.1) is 35.0 Å². The molecule has 6 rings (SSSR count). The number of esters is 1. The summed E-state index contributed by atoms with van der Waals surface area (Å²) in [4.78, 5) is 12.8. The molecule has 0 heterocycles. The first kappa shape index (κ1) is 59.2. The van der Waals surface area contributed by atoms with Gasteiger partial charge in [-0.05, 0) is 142 Å². The van der Waals surface area contributed by atoms with E-state index in [1.165, 1.54) is 49.8 Å². The van der Waals surface area contributed by atoms with E-state index >= 15 is 0 Å². The van der Waals surface area contributed by atoms with Gasteiger partial charge in [0.25, 0.3) is 0 Å². The Morgan fingerprint density at radius 3 is 1.38 bits per heavy atom. The highest BCUT2D eigenvalue weighted by molar-refractivity contribution is 5.76. The Bertz CT molecular complexity index is 1300. The van der Waals surface area contributed by atoms with Crippen molar-refractivity contribution in [1.29, 1.82) is 0 Å². The molecule has 0 aliphatic heterocycles. The Morgan fingerprint density at radius 2 is 1.07 bits per heavy atom. The SMILES string of the molecule is C.C.C.C.C.C.CCC(C)(C)C(=O)OC1(C(C)C)C2CC3CC(C2)CC1C3.CCC(C)c1ccc(C(C)(O)C(F)(F)F)cc1.CCC(C)c1ccc(O)cc1. The molecule has 4 saturated carbocycles. The minimum Gasteiger partial charge on any atom is -0.508 e. The number of aliphatic hydroxyl groups is 1. The van der Waals surface area contributed by atoms with Crippen LogP contribution in [0.2, 0.25) is 0 Å².